The topological polar surface area (TPSA) is 39.4 Å². The van der Waals surface area contributed by atoms with Crippen LogP contribution in [-0.4, -0.2) is 6.10 Å². The fourth-order valence-corrected chi connectivity index (χ4v) is 3.13. The van der Waals surface area contributed by atoms with Crippen LogP contribution in [0.5, 0.6) is 5.75 Å². The molecule has 0 amide bonds. The van der Waals surface area contributed by atoms with Gasteiger partial charge in [0.15, 0.2) is 5.43 Å². The number of allylic oxidation sites excluding steroid dienone is 1. The van der Waals surface area contributed by atoms with E-state index >= 15 is 0 Å². The summed E-state index contributed by atoms with van der Waals surface area (Å²) in [6.07, 6.45) is 2.80. The molecule has 3 aromatic rings. The van der Waals surface area contributed by atoms with Crippen molar-refractivity contribution in [3.05, 3.63) is 76.0 Å². The minimum atomic E-state index is -0.0240. The lowest BCUT2D eigenvalue weighted by Gasteiger charge is -2.09. The van der Waals surface area contributed by atoms with E-state index in [0.29, 0.717) is 16.7 Å². The van der Waals surface area contributed by atoms with E-state index in [0.717, 1.165) is 23.3 Å². The van der Waals surface area contributed by atoms with Crippen LogP contribution in [0.15, 0.2) is 69.4 Å². The second-order valence-electron chi connectivity index (χ2n) is 6.10. The van der Waals surface area contributed by atoms with E-state index in [4.69, 9.17) is 9.15 Å². The summed E-state index contributed by atoms with van der Waals surface area (Å²) in [6.45, 7) is 4.07. The Morgan fingerprint density at radius 3 is 2.71 bits per heavy atom. The van der Waals surface area contributed by atoms with Crippen molar-refractivity contribution in [3.63, 3.8) is 0 Å². The number of fused-ring (bicyclic) bond motifs is 3. The number of benzene rings is 2. The Balaban J connectivity index is 1.91. The molecule has 24 heavy (non-hydrogen) atoms. The molecule has 0 saturated carbocycles. The normalized spacial score (nSPS) is 16.9. The Morgan fingerprint density at radius 1 is 1.17 bits per heavy atom. The molecule has 0 aliphatic carbocycles. The SMILES string of the molecule is C/C=C(\C)[C@@H]1Cc2c(ccc3c(=O)cc(-c4ccccc4)oc23)O1. The molecule has 1 aliphatic rings. The summed E-state index contributed by atoms with van der Waals surface area (Å²) in [5, 5.41) is 0.607. The molecule has 4 rings (SSSR count). The van der Waals surface area contributed by atoms with Crippen LogP contribution in [0.1, 0.15) is 19.4 Å². The third kappa shape index (κ3) is 2.33. The summed E-state index contributed by atoms with van der Waals surface area (Å²) >= 11 is 0. The van der Waals surface area contributed by atoms with Gasteiger partial charge in [0.1, 0.15) is 23.2 Å². The van der Waals surface area contributed by atoms with Crippen molar-refractivity contribution < 1.29 is 9.15 Å². The number of hydrogen-bond donors (Lipinski definition) is 0. The Hall–Kier alpha value is -2.81. The minimum Gasteiger partial charge on any atom is -0.485 e. The van der Waals surface area contributed by atoms with Gasteiger partial charge in [0.25, 0.3) is 0 Å². The van der Waals surface area contributed by atoms with E-state index < -0.39 is 0 Å². The van der Waals surface area contributed by atoms with Gasteiger partial charge in [-0.2, -0.15) is 0 Å². The molecule has 1 atom stereocenters. The van der Waals surface area contributed by atoms with E-state index in [1.165, 1.54) is 5.57 Å². The van der Waals surface area contributed by atoms with Crippen LogP contribution in [0.25, 0.3) is 22.3 Å². The molecule has 0 unspecified atom stereocenters. The van der Waals surface area contributed by atoms with Crippen LogP contribution in [0.3, 0.4) is 0 Å². The third-order valence-corrected chi connectivity index (χ3v) is 4.64. The predicted molar refractivity (Wildman–Crippen MR) is 95.5 cm³/mol. The Morgan fingerprint density at radius 2 is 1.96 bits per heavy atom. The van der Waals surface area contributed by atoms with E-state index in [2.05, 4.69) is 13.0 Å². The van der Waals surface area contributed by atoms with Gasteiger partial charge in [-0.15, -0.1) is 0 Å². The molecule has 0 spiro atoms. The molecular formula is C21H18O3. The van der Waals surface area contributed by atoms with Crippen LogP contribution in [0.2, 0.25) is 0 Å². The molecular weight excluding hydrogens is 300 g/mol. The molecule has 0 bridgehead atoms. The Labute approximate surface area is 140 Å². The lowest BCUT2D eigenvalue weighted by atomic mass is 10.0. The zero-order valence-electron chi connectivity index (χ0n) is 13.7. The largest absolute Gasteiger partial charge is 0.485 e. The summed E-state index contributed by atoms with van der Waals surface area (Å²) < 4.78 is 12.2. The summed E-state index contributed by atoms with van der Waals surface area (Å²) in [5.74, 6) is 1.40. The molecule has 0 N–H and O–H groups in total. The average Bonchev–Trinajstić information content (AvgIpc) is 3.06. The fraction of sp³-hybridized carbons (Fsp3) is 0.190. The smallest absolute Gasteiger partial charge is 0.193 e. The molecule has 2 heterocycles. The molecule has 3 heteroatoms. The Bertz CT molecular complexity index is 997. The molecule has 3 nitrogen and oxygen atoms in total. The highest BCUT2D eigenvalue weighted by Gasteiger charge is 2.27. The van der Waals surface area contributed by atoms with Gasteiger partial charge in [0, 0.05) is 23.6 Å². The van der Waals surface area contributed by atoms with E-state index in [9.17, 15) is 4.79 Å². The zero-order valence-corrected chi connectivity index (χ0v) is 13.7. The fourth-order valence-electron chi connectivity index (χ4n) is 3.13. The number of hydrogen-bond acceptors (Lipinski definition) is 3. The van der Waals surface area contributed by atoms with E-state index in [-0.39, 0.29) is 11.5 Å². The first-order valence-electron chi connectivity index (χ1n) is 8.12. The second kappa shape index (κ2) is 5.68. The van der Waals surface area contributed by atoms with Crippen molar-refractivity contribution in [2.75, 3.05) is 0 Å². The highest BCUT2D eigenvalue weighted by atomic mass is 16.5. The van der Waals surface area contributed by atoms with Gasteiger partial charge in [-0.3, -0.25) is 4.79 Å². The van der Waals surface area contributed by atoms with Crippen LogP contribution in [0, 0.1) is 0 Å². The lowest BCUT2D eigenvalue weighted by Crippen LogP contribution is -2.13. The quantitative estimate of drug-likeness (QED) is 0.641. The second-order valence-corrected chi connectivity index (χ2v) is 6.10. The number of ether oxygens (including phenoxy) is 1. The van der Waals surface area contributed by atoms with Crippen molar-refractivity contribution in [2.45, 2.75) is 26.4 Å². The molecule has 0 fully saturated rings. The van der Waals surface area contributed by atoms with Crippen LogP contribution < -0.4 is 10.2 Å². The van der Waals surface area contributed by atoms with Crippen LogP contribution >= 0.6 is 0 Å². The van der Waals surface area contributed by atoms with Crippen molar-refractivity contribution in [1.29, 1.82) is 0 Å². The molecule has 0 saturated heterocycles. The number of rotatable bonds is 2. The monoisotopic (exact) mass is 318 g/mol. The maximum atomic E-state index is 12.5. The Kier molecular flexibility index (Phi) is 3.49. The molecule has 1 aromatic heterocycles. The van der Waals surface area contributed by atoms with Gasteiger partial charge in [-0.25, -0.2) is 0 Å². The first kappa shape index (κ1) is 14.8. The van der Waals surface area contributed by atoms with Gasteiger partial charge in [-0.05, 0) is 31.6 Å². The van der Waals surface area contributed by atoms with Gasteiger partial charge in [0.2, 0.25) is 0 Å². The first-order valence-corrected chi connectivity index (χ1v) is 8.12. The minimum absolute atomic E-state index is 0.0151. The summed E-state index contributed by atoms with van der Waals surface area (Å²) in [5.41, 5.74) is 3.68. The molecule has 1 aliphatic heterocycles. The van der Waals surface area contributed by atoms with Gasteiger partial charge < -0.3 is 9.15 Å². The van der Waals surface area contributed by atoms with Gasteiger partial charge in [0.05, 0.1) is 5.39 Å². The van der Waals surface area contributed by atoms with E-state index in [1.54, 1.807) is 12.1 Å². The zero-order chi connectivity index (χ0) is 16.7. The highest BCUT2D eigenvalue weighted by Crippen LogP contribution is 2.37. The molecule has 120 valence electrons. The van der Waals surface area contributed by atoms with Crippen molar-refractivity contribution in [2.24, 2.45) is 0 Å². The predicted octanol–water partition coefficient (Wildman–Crippen LogP) is 4.73. The van der Waals surface area contributed by atoms with Gasteiger partial charge >= 0.3 is 0 Å². The van der Waals surface area contributed by atoms with E-state index in [1.807, 2.05) is 43.3 Å². The average molecular weight is 318 g/mol. The summed E-state index contributed by atoms with van der Waals surface area (Å²) in [4.78, 5) is 12.5. The van der Waals surface area contributed by atoms with Crippen molar-refractivity contribution in [3.8, 4) is 17.1 Å². The summed E-state index contributed by atoms with van der Waals surface area (Å²) in [7, 11) is 0. The lowest BCUT2D eigenvalue weighted by molar-refractivity contribution is 0.270. The van der Waals surface area contributed by atoms with Crippen molar-refractivity contribution >= 4 is 11.0 Å². The maximum Gasteiger partial charge on any atom is 0.193 e. The third-order valence-electron chi connectivity index (χ3n) is 4.64. The van der Waals surface area contributed by atoms with Crippen LogP contribution in [0.4, 0.5) is 0 Å². The van der Waals surface area contributed by atoms with Gasteiger partial charge in [-0.1, -0.05) is 36.4 Å². The molecule has 2 aromatic carbocycles. The van der Waals surface area contributed by atoms with Crippen LogP contribution in [-0.2, 0) is 6.42 Å². The molecule has 0 radical (unpaired) electrons. The van der Waals surface area contributed by atoms with Crippen molar-refractivity contribution in [1.82, 2.24) is 0 Å². The standard InChI is InChI=1S/C21H18O3/c1-3-13(2)19-11-16-18(23-19)10-9-15-17(22)12-20(24-21(15)16)14-7-5-4-6-8-14/h3-10,12,19H,11H2,1-2H3/b13-3+/t19-/m0/s1. The maximum absolute atomic E-state index is 12.5. The highest BCUT2D eigenvalue weighted by molar-refractivity contribution is 5.84. The first-order chi connectivity index (χ1) is 11.7. The summed E-state index contributed by atoms with van der Waals surface area (Å²) in [6, 6.07) is 14.9.